The lowest BCUT2D eigenvalue weighted by Crippen LogP contribution is -2.41. The smallest absolute Gasteiger partial charge is 0.257 e. The third-order valence-electron chi connectivity index (χ3n) is 2.48. The van der Waals surface area contributed by atoms with E-state index >= 15 is 0 Å². The van der Waals surface area contributed by atoms with Crippen LogP contribution in [0.25, 0.3) is 0 Å². The first-order valence-corrected chi connectivity index (χ1v) is 7.29. The Labute approximate surface area is 130 Å². The lowest BCUT2D eigenvalue weighted by atomic mass is 10.2. The molecule has 0 saturated heterocycles. The van der Waals surface area contributed by atoms with Crippen LogP contribution < -0.4 is 15.4 Å². The van der Waals surface area contributed by atoms with E-state index in [1.807, 2.05) is 0 Å². The van der Waals surface area contributed by atoms with E-state index in [1.165, 1.54) is 0 Å². The molecule has 1 rings (SSSR count). The number of thiocarbonyl (C=S) groups is 1. The molecule has 3 N–H and O–H groups in total. The van der Waals surface area contributed by atoms with Crippen molar-refractivity contribution in [3.63, 3.8) is 0 Å². The SMILES string of the molecule is CC(C)COc1ccc(C(=O)NC(=S)NCC(C)O)cc1. The van der Waals surface area contributed by atoms with Gasteiger partial charge in [-0.25, -0.2) is 0 Å². The summed E-state index contributed by atoms with van der Waals surface area (Å²) in [6.07, 6.45) is -0.530. The Bertz CT molecular complexity index is 472. The van der Waals surface area contributed by atoms with E-state index < -0.39 is 6.10 Å². The lowest BCUT2D eigenvalue weighted by Gasteiger charge is -2.11. The molecule has 0 aliphatic heterocycles. The van der Waals surface area contributed by atoms with Crippen LogP contribution in [0.2, 0.25) is 0 Å². The van der Waals surface area contributed by atoms with Gasteiger partial charge in [0.1, 0.15) is 5.75 Å². The molecular formula is C15H22N2O3S. The van der Waals surface area contributed by atoms with Crippen LogP contribution in [0.5, 0.6) is 5.75 Å². The fourth-order valence-electron chi connectivity index (χ4n) is 1.43. The van der Waals surface area contributed by atoms with Gasteiger partial charge in [0.05, 0.1) is 12.7 Å². The molecular weight excluding hydrogens is 288 g/mol. The predicted octanol–water partition coefficient (Wildman–Crippen LogP) is 1.71. The molecule has 21 heavy (non-hydrogen) atoms. The van der Waals surface area contributed by atoms with Gasteiger partial charge < -0.3 is 15.2 Å². The topological polar surface area (TPSA) is 70.6 Å². The second-order valence-corrected chi connectivity index (χ2v) is 5.65. The van der Waals surface area contributed by atoms with Crippen molar-refractivity contribution in [1.82, 2.24) is 10.6 Å². The Morgan fingerprint density at radius 3 is 2.43 bits per heavy atom. The summed E-state index contributed by atoms with van der Waals surface area (Å²) >= 11 is 4.97. The Morgan fingerprint density at radius 1 is 1.29 bits per heavy atom. The van der Waals surface area contributed by atoms with Crippen LogP contribution in [0.4, 0.5) is 0 Å². The molecule has 0 heterocycles. The molecule has 0 aliphatic carbocycles. The van der Waals surface area contributed by atoms with Crippen LogP contribution in [0.15, 0.2) is 24.3 Å². The Kier molecular flexibility index (Phi) is 7.11. The average molecular weight is 310 g/mol. The summed E-state index contributed by atoms with van der Waals surface area (Å²) in [6.45, 7) is 6.71. The van der Waals surface area contributed by atoms with Gasteiger partial charge in [0.15, 0.2) is 5.11 Å². The summed E-state index contributed by atoms with van der Waals surface area (Å²) in [5.74, 6) is 0.883. The lowest BCUT2D eigenvalue weighted by molar-refractivity contribution is 0.0976. The highest BCUT2D eigenvalue weighted by molar-refractivity contribution is 7.80. The molecule has 0 bridgehead atoms. The number of benzene rings is 1. The summed E-state index contributed by atoms with van der Waals surface area (Å²) in [4.78, 5) is 11.9. The number of carbonyl (C=O) groups excluding carboxylic acids is 1. The normalized spacial score (nSPS) is 11.9. The Morgan fingerprint density at radius 2 is 1.90 bits per heavy atom. The molecule has 1 unspecified atom stereocenters. The van der Waals surface area contributed by atoms with Crippen molar-refractivity contribution in [3.8, 4) is 5.75 Å². The van der Waals surface area contributed by atoms with Gasteiger partial charge in [-0.1, -0.05) is 13.8 Å². The second-order valence-electron chi connectivity index (χ2n) is 5.24. The van der Waals surface area contributed by atoms with Gasteiger partial charge in [-0.2, -0.15) is 0 Å². The van der Waals surface area contributed by atoms with E-state index in [0.717, 1.165) is 5.75 Å². The molecule has 0 saturated carbocycles. The quantitative estimate of drug-likeness (QED) is 0.698. The first-order chi connectivity index (χ1) is 9.88. The molecule has 1 aromatic carbocycles. The van der Waals surface area contributed by atoms with Crippen molar-refractivity contribution < 1.29 is 14.6 Å². The molecule has 5 nitrogen and oxygen atoms in total. The third-order valence-corrected chi connectivity index (χ3v) is 2.73. The summed E-state index contributed by atoms with van der Waals surface area (Å²) in [7, 11) is 0. The van der Waals surface area contributed by atoms with Crippen LogP contribution in [0.1, 0.15) is 31.1 Å². The zero-order valence-electron chi connectivity index (χ0n) is 12.6. The van der Waals surface area contributed by atoms with E-state index in [4.69, 9.17) is 22.1 Å². The van der Waals surface area contributed by atoms with Gasteiger partial charge in [-0.15, -0.1) is 0 Å². The summed E-state index contributed by atoms with van der Waals surface area (Å²) < 4.78 is 5.55. The fraction of sp³-hybridized carbons (Fsp3) is 0.467. The largest absolute Gasteiger partial charge is 0.493 e. The van der Waals surface area contributed by atoms with Crippen LogP contribution in [0, 0.1) is 5.92 Å². The van der Waals surface area contributed by atoms with Crippen molar-refractivity contribution in [1.29, 1.82) is 0 Å². The number of amides is 1. The fourth-order valence-corrected chi connectivity index (χ4v) is 1.60. The Hall–Kier alpha value is -1.66. The number of aliphatic hydroxyl groups is 1. The van der Waals surface area contributed by atoms with Gasteiger partial charge in [0.2, 0.25) is 0 Å². The zero-order chi connectivity index (χ0) is 15.8. The molecule has 1 atom stereocenters. The van der Waals surface area contributed by atoms with Gasteiger partial charge in [-0.05, 0) is 49.3 Å². The molecule has 0 aromatic heterocycles. The minimum atomic E-state index is -0.530. The van der Waals surface area contributed by atoms with Crippen molar-refractivity contribution >= 4 is 23.2 Å². The van der Waals surface area contributed by atoms with Crippen LogP contribution in [-0.4, -0.2) is 35.4 Å². The van der Waals surface area contributed by atoms with E-state index in [0.29, 0.717) is 24.6 Å². The number of hydrogen-bond donors (Lipinski definition) is 3. The molecule has 116 valence electrons. The average Bonchev–Trinajstić information content (AvgIpc) is 2.43. The van der Waals surface area contributed by atoms with Gasteiger partial charge >= 0.3 is 0 Å². The molecule has 0 aliphatic rings. The number of aliphatic hydroxyl groups excluding tert-OH is 1. The maximum Gasteiger partial charge on any atom is 0.257 e. The summed E-state index contributed by atoms with van der Waals surface area (Å²) in [5.41, 5.74) is 0.494. The van der Waals surface area contributed by atoms with Crippen LogP contribution in [-0.2, 0) is 0 Å². The summed E-state index contributed by atoms with van der Waals surface area (Å²) in [5, 5.41) is 14.6. The highest BCUT2D eigenvalue weighted by Gasteiger charge is 2.08. The maximum absolute atomic E-state index is 11.9. The standard InChI is InChI=1S/C15H22N2O3S/c1-10(2)9-20-13-6-4-12(5-7-13)14(19)17-15(21)16-8-11(3)18/h4-7,10-11,18H,8-9H2,1-3H3,(H2,16,17,19,21). The molecule has 1 aromatic rings. The number of ether oxygens (including phenoxy) is 1. The van der Waals surface area contributed by atoms with Gasteiger partial charge in [0.25, 0.3) is 5.91 Å². The Balaban J connectivity index is 2.49. The minimum Gasteiger partial charge on any atom is -0.493 e. The monoisotopic (exact) mass is 310 g/mol. The van der Waals surface area contributed by atoms with E-state index in [1.54, 1.807) is 31.2 Å². The number of hydrogen-bond acceptors (Lipinski definition) is 4. The van der Waals surface area contributed by atoms with Crippen LogP contribution >= 0.6 is 12.2 Å². The number of carbonyl (C=O) groups is 1. The molecule has 1 amide bonds. The highest BCUT2D eigenvalue weighted by atomic mass is 32.1. The third kappa shape index (κ3) is 7.06. The second kappa shape index (κ2) is 8.59. The van der Waals surface area contributed by atoms with Crippen LogP contribution in [0.3, 0.4) is 0 Å². The first-order valence-electron chi connectivity index (χ1n) is 6.88. The number of rotatable bonds is 6. The van der Waals surface area contributed by atoms with E-state index in [2.05, 4.69) is 24.5 Å². The van der Waals surface area contributed by atoms with E-state index in [9.17, 15) is 4.79 Å². The van der Waals surface area contributed by atoms with Crippen molar-refractivity contribution in [2.75, 3.05) is 13.2 Å². The van der Waals surface area contributed by atoms with Crippen molar-refractivity contribution in [2.45, 2.75) is 26.9 Å². The molecule has 6 heteroatoms. The highest BCUT2D eigenvalue weighted by Crippen LogP contribution is 2.13. The maximum atomic E-state index is 11.9. The van der Waals surface area contributed by atoms with E-state index in [-0.39, 0.29) is 11.0 Å². The van der Waals surface area contributed by atoms with Gasteiger partial charge in [0, 0.05) is 12.1 Å². The van der Waals surface area contributed by atoms with Gasteiger partial charge in [-0.3, -0.25) is 10.1 Å². The van der Waals surface area contributed by atoms with Crippen molar-refractivity contribution in [2.24, 2.45) is 5.92 Å². The molecule has 0 spiro atoms. The van der Waals surface area contributed by atoms with Crippen molar-refractivity contribution in [3.05, 3.63) is 29.8 Å². The molecule has 0 radical (unpaired) electrons. The zero-order valence-corrected chi connectivity index (χ0v) is 13.4. The minimum absolute atomic E-state index is 0.195. The predicted molar refractivity (Wildman–Crippen MR) is 86.5 cm³/mol. The summed E-state index contributed by atoms with van der Waals surface area (Å²) in [6, 6.07) is 6.87. The first kappa shape index (κ1) is 17.4. The number of nitrogens with one attached hydrogen (secondary N) is 2. The molecule has 0 fully saturated rings.